The van der Waals surface area contributed by atoms with Gasteiger partial charge in [0.05, 0.1) is 6.54 Å². The van der Waals surface area contributed by atoms with E-state index in [1.54, 1.807) is 0 Å². The number of nitrogens with two attached hydrogens (primary N) is 1. The average molecular weight is 132 g/mol. The lowest BCUT2D eigenvalue weighted by molar-refractivity contribution is 0.974. The molecule has 0 saturated heterocycles. The summed E-state index contributed by atoms with van der Waals surface area (Å²) < 4.78 is 0. The Hall–Kier alpha value is -0.0200. The Morgan fingerprint density at radius 3 is 2.75 bits per heavy atom. The summed E-state index contributed by atoms with van der Waals surface area (Å²) in [6, 6.07) is 0. The molecule has 0 aromatic rings. The van der Waals surface area contributed by atoms with Crippen molar-refractivity contribution in [2.24, 2.45) is 10.7 Å². The van der Waals surface area contributed by atoms with E-state index in [1.165, 1.54) is 0 Å². The van der Waals surface area contributed by atoms with Gasteiger partial charge in [-0.1, -0.05) is 0 Å². The van der Waals surface area contributed by atoms with Crippen molar-refractivity contribution in [3.8, 4) is 0 Å². The minimum absolute atomic E-state index is 0.630. The van der Waals surface area contributed by atoms with Crippen molar-refractivity contribution < 1.29 is 0 Å². The molecular formula is C5H12N2S. The lowest BCUT2D eigenvalue weighted by atomic mass is 10.5. The number of thiol groups is 1. The van der Waals surface area contributed by atoms with Gasteiger partial charge < -0.3 is 5.73 Å². The normalized spacial score (nSPS) is 12.1. The highest BCUT2D eigenvalue weighted by molar-refractivity contribution is 7.81. The smallest absolute Gasteiger partial charge is 0.0511 e. The molecule has 0 amide bonds. The van der Waals surface area contributed by atoms with Crippen LogP contribution in [0.25, 0.3) is 0 Å². The minimum atomic E-state index is 0.630. The Labute approximate surface area is 55.6 Å². The molecule has 0 heterocycles. The van der Waals surface area contributed by atoms with Crippen LogP contribution in [0.2, 0.25) is 0 Å². The van der Waals surface area contributed by atoms with E-state index in [9.17, 15) is 0 Å². The topological polar surface area (TPSA) is 38.4 Å². The third kappa shape index (κ3) is 4.15. The Kier molecular flexibility index (Phi) is 5.11. The fraction of sp³-hybridized carbons (Fsp3) is 0.800. The zero-order valence-electron chi connectivity index (χ0n) is 5.09. The maximum atomic E-state index is 5.20. The molecule has 3 heteroatoms. The van der Waals surface area contributed by atoms with Crippen LogP contribution >= 0.6 is 12.6 Å². The summed E-state index contributed by atoms with van der Waals surface area (Å²) in [5.41, 5.74) is 6.25. The van der Waals surface area contributed by atoms with Crippen LogP contribution in [0, 0.1) is 0 Å². The van der Waals surface area contributed by atoms with Crippen LogP contribution in [0.15, 0.2) is 4.99 Å². The largest absolute Gasteiger partial charge is 0.329 e. The maximum absolute atomic E-state index is 5.20. The Morgan fingerprint density at radius 1 is 1.75 bits per heavy atom. The number of hydrogen-bond acceptors (Lipinski definition) is 3. The lowest BCUT2D eigenvalue weighted by Crippen LogP contribution is -2.05. The van der Waals surface area contributed by atoms with Gasteiger partial charge in [0.15, 0.2) is 0 Å². The molecule has 8 heavy (non-hydrogen) atoms. The highest BCUT2D eigenvalue weighted by Gasteiger charge is 1.81. The van der Waals surface area contributed by atoms with E-state index in [2.05, 4.69) is 17.6 Å². The first-order valence-corrected chi connectivity index (χ1v) is 3.25. The van der Waals surface area contributed by atoms with Crippen LogP contribution in [0.1, 0.15) is 6.92 Å². The van der Waals surface area contributed by atoms with E-state index in [-0.39, 0.29) is 0 Å². The standard InChI is InChI=1S/C5H12N2S/c1-5(4-8)7-3-2-6/h8H,2-4,6H2,1H3. The summed E-state index contributed by atoms with van der Waals surface area (Å²) in [6.07, 6.45) is 0. The Morgan fingerprint density at radius 2 is 2.38 bits per heavy atom. The SMILES string of the molecule is CC(CS)=NCCN. The van der Waals surface area contributed by atoms with Crippen molar-refractivity contribution in [3.05, 3.63) is 0 Å². The second-order valence-corrected chi connectivity index (χ2v) is 1.88. The average Bonchev–Trinajstić information content (AvgIpc) is 1.83. The van der Waals surface area contributed by atoms with Crippen LogP contribution in [0.5, 0.6) is 0 Å². The maximum Gasteiger partial charge on any atom is 0.0511 e. The van der Waals surface area contributed by atoms with Gasteiger partial charge in [0.25, 0.3) is 0 Å². The van der Waals surface area contributed by atoms with Crippen molar-refractivity contribution >= 4 is 18.3 Å². The summed E-state index contributed by atoms with van der Waals surface area (Å²) in [4.78, 5) is 4.08. The van der Waals surface area contributed by atoms with Crippen molar-refractivity contribution in [2.75, 3.05) is 18.8 Å². The molecule has 0 aliphatic heterocycles. The monoisotopic (exact) mass is 132 g/mol. The van der Waals surface area contributed by atoms with Gasteiger partial charge >= 0.3 is 0 Å². The number of rotatable bonds is 3. The molecule has 2 N–H and O–H groups in total. The van der Waals surface area contributed by atoms with E-state index >= 15 is 0 Å². The second-order valence-electron chi connectivity index (χ2n) is 1.56. The highest BCUT2D eigenvalue weighted by atomic mass is 32.1. The molecule has 2 nitrogen and oxygen atoms in total. The Bertz CT molecular complexity index is 80.5. The highest BCUT2D eigenvalue weighted by Crippen LogP contribution is 1.79. The van der Waals surface area contributed by atoms with Gasteiger partial charge in [-0.05, 0) is 6.92 Å². The minimum Gasteiger partial charge on any atom is -0.329 e. The molecule has 48 valence electrons. The number of hydrogen-bond donors (Lipinski definition) is 2. The molecule has 0 atom stereocenters. The first-order valence-electron chi connectivity index (χ1n) is 2.62. The summed E-state index contributed by atoms with van der Waals surface area (Å²) in [5, 5.41) is 0. The fourth-order valence-electron chi connectivity index (χ4n) is 0.305. The van der Waals surface area contributed by atoms with Crippen LogP contribution in [-0.2, 0) is 0 Å². The molecule has 0 radical (unpaired) electrons. The zero-order chi connectivity index (χ0) is 6.41. The Balaban J connectivity index is 3.26. The van der Waals surface area contributed by atoms with Gasteiger partial charge in [0.1, 0.15) is 0 Å². The fourth-order valence-corrected chi connectivity index (χ4v) is 0.405. The molecule has 0 rings (SSSR count). The quantitative estimate of drug-likeness (QED) is 0.421. The molecular weight excluding hydrogens is 120 g/mol. The summed E-state index contributed by atoms with van der Waals surface area (Å²) in [7, 11) is 0. The van der Waals surface area contributed by atoms with Gasteiger partial charge in [-0.3, -0.25) is 4.99 Å². The first kappa shape index (κ1) is 7.98. The second kappa shape index (κ2) is 5.12. The van der Waals surface area contributed by atoms with E-state index in [0.29, 0.717) is 6.54 Å². The van der Waals surface area contributed by atoms with Crippen LogP contribution < -0.4 is 5.73 Å². The molecule has 0 aliphatic rings. The molecule has 0 spiro atoms. The molecule has 0 fully saturated rings. The third-order valence-corrected chi connectivity index (χ3v) is 1.20. The van der Waals surface area contributed by atoms with Gasteiger partial charge in [-0.25, -0.2) is 0 Å². The molecule has 0 bridgehead atoms. The van der Waals surface area contributed by atoms with Crippen molar-refractivity contribution in [1.82, 2.24) is 0 Å². The molecule has 0 aliphatic carbocycles. The third-order valence-electron chi connectivity index (χ3n) is 0.740. The lowest BCUT2D eigenvalue weighted by Gasteiger charge is -1.90. The molecule has 0 unspecified atom stereocenters. The molecule has 0 aromatic carbocycles. The predicted molar refractivity (Wildman–Crippen MR) is 40.9 cm³/mol. The number of aliphatic imine (C=N–C) groups is 1. The van der Waals surface area contributed by atoms with Gasteiger partial charge in [0, 0.05) is 18.0 Å². The molecule has 0 aromatic heterocycles. The van der Waals surface area contributed by atoms with E-state index < -0.39 is 0 Å². The van der Waals surface area contributed by atoms with Gasteiger partial charge in [-0.2, -0.15) is 12.6 Å². The van der Waals surface area contributed by atoms with Gasteiger partial charge in [0.2, 0.25) is 0 Å². The summed E-state index contributed by atoms with van der Waals surface area (Å²) in [5.74, 6) is 0.736. The number of nitrogens with zero attached hydrogens (tertiary/aromatic N) is 1. The summed E-state index contributed by atoms with van der Waals surface area (Å²) in [6.45, 7) is 3.31. The summed E-state index contributed by atoms with van der Waals surface area (Å²) >= 11 is 4.02. The van der Waals surface area contributed by atoms with Crippen LogP contribution in [-0.4, -0.2) is 24.6 Å². The molecule has 0 saturated carbocycles. The van der Waals surface area contributed by atoms with E-state index in [1.807, 2.05) is 6.92 Å². The van der Waals surface area contributed by atoms with E-state index in [4.69, 9.17) is 5.73 Å². The van der Waals surface area contributed by atoms with Crippen LogP contribution in [0.4, 0.5) is 0 Å². The predicted octanol–water partition coefficient (Wildman–Crippen LogP) is 0.336. The van der Waals surface area contributed by atoms with Crippen LogP contribution in [0.3, 0.4) is 0 Å². The van der Waals surface area contributed by atoms with Crippen molar-refractivity contribution in [2.45, 2.75) is 6.92 Å². The van der Waals surface area contributed by atoms with Crippen molar-refractivity contribution in [1.29, 1.82) is 0 Å². The zero-order valence-corrected chi connectivity index (χ0v) is 5.99. The van der Waals surface area contributed by atoms with Crippen molar-refractivity contribution in [3.63, 3.8) is 0 Å². The van der Waals surface area contributed by atoms with Gasteiger partial charge in [-0.15, -0.1) is 0 Å². The van der Waals surface area contributed by atoms with E-state index in [0.717, 1.165) is 18.0 Å². The first-order chi connectivity index (χ1) is 3.81.